The molecule has 8 nitrogen and oxygen atoms in total. The molecule has 1 aliphatic heterocycles. The largest absolute Gasteiger partial charge is 0.401 e. The first-order valence-electron chi connectivity index (χ1n) is 7.37. The molecule has 2 rings (SSSR count). The van der Waals surface area contributed by atoms with Crippen LogP contribution in [0.4, 0.5) is 0 Å². The first-order chi connectivity index (χ1) is 11.3. The normalized spacial score (nSPS) is 16.5. The molecule has 0 aliphatic carbocycles. The van der Waals surface area contributed by atoms with E-state index >= 15 is 0 Å². The Morgan fingerprint density at radius 3 is 2.50 bits per heavy atom. The van der Waals surface area contributed by atoms with Gasteiger partial charge in [-0.25, -0.2) is 8.42 Å². The number of nitrogens with zero attached hydrogens (tertiary/aromatic N) is 3. The van der Waals surface area contributed by atoms with Gasteiger partial charge < -0.3 is 10.3 Å². The number of sulfonamides is 1. The predicted octanol–water partition coefficient (Wildman–Crippen LogP) is -0.0418. The van der Waals surface area contributed by atoms with Crippen molar-refractivity contribution in [3.05, 3.63) is 40.0 Å². The number of carbonyl (C=O) groups is 1. The van der Waals surface area contributed by atoms with Crippen molar-refractivity contribution in [3.8, 4) is 6.07 Å². The van der Waals surface area contributed by atoms with E-state index in [0.29, 0.717) is 13.1 Å². The van der Waals surface area contributed by atoms with Crippen molar-refractivity contribution < 1.29 is 13.2 Å². The zero-order valence-electron chi connectivity index (χ0n) is 13.2. The second kappa shape index (κ2) is 6.98. The third-order valence-corrected chi connectivity index (χ3v) is 5.64. The Labute approximate surface area is 139 Å². The summed E-state index contributed by atoms with van der Waals surface area (Å²) in [6.45, 7) is 1.84. The van der Waals surface area contributed by atoms with Crippen LogP contribution in [0.15, 0.2) is 39.3 Å². The lowest BCUT2D eigenvalue weighted by Crippen LogP contribution is -2.30. The summed E-state index contributed by atoms with van der Waals surface area (Å²) in [6, 6.07) is 4.02. The molecular formula is C15H18N4O4S. The maximum Gasteiger partial charge on any atom is 0.251 e. The van der Waals surface area contributed by atoms with Crippen molar-refractivity contribution in [2.45, 2.75) is 31.2 Å². The fourth-order valence-electron chi connectivity index (χ4n) is 2.47. The van der Waals surface area contributed by atoms with Crippen LogP contribution < -0.4 is 11.3 Å². The van der Waals surface area contributed by atoms with E-state index in [2.05, 4.69) is 0 Å². The number of ketones is 1. The van der Waals surface area contributed by atoms with Crippen LogP contribution >= 0.6 is 0 Å². The smallest absolute Gasteiger partial charge is 0.251 e. The monoisotopic (exact) mass is 350 g/mol. The molecule has 0 unspecified atom stereocenters. The summed E-state index contributed by atoms with van der Waals surface area (Å²) < 4.78 is 27.4. The number of Topliss-reactive ketones (excluding diaryl/α,β-unsaturated/α-hetero) is 1. The van der Waals surface area contributed by atoms with Crippen molar-refractivity contribution >= 4 is 15.8 Å². The molecule has 1 aromatic heterocycles. The van der Waals surface area contributed by atoms with Gasteiger partial charge in [0.2, 0.25) is 10.0 Å². The van der Waals surface area contributed by atoms with Crippen LogP contribution in [-0.4, -0.2) is 36.2 Å². The first-order valence-corrected chi connectivity index (χ1v) is 8.81. The Bertz CT molecular complexity index is 883. The second-order valence-electron chi connectivity index (χ2n) is 5.54. The summed E-state index contributed by atoms with van der Waals surface area (Å²) in [5.74, 6) is -0.643. The molecule has 0 spiro atoms. The third kappa shape index (κ3) is 3.55. The average Bonchev–Trinajstić information content (AvgIpc) is 3.04. The minimum absolute atomic E-state index is 0.0521. The topological polar surface area (TPSA) is 126 Å². The maximum atomic E-state index is 12.5. The summed E-state index contributed by atoms with van der Waals surface area (Å²) in [5, 5.41) is 8.94. The van der Waals surface area contributed by atoms with Crippen molar-refractivity contribution in [2.75, 3.05) is 13.1 Å². The van der Waals surface area contributed by atoms with E-state index in [9.17, 15) is 18.0 Å². The van der Waals surface area contributed by atoms with Gasteiger partial charge in [-0.2, -0.15) is 9.57 Å². The van der Waals surface area contributed by atoms with Gasteiger partial charge >= 0.3 is 0 Å². The summed E-state index contributed by atoms with van der Waals surface area (Å²) >= 11 is 0. The highest BCUT2D eigenvalue weighted by molar-refractivity contribution is 7.89. The lowest BCUT2D eigenvalue weighted by molar-refractivity contribution is -0.115. The van der Waals surface area contributed by atoms with Crippen LogP contribution in [0.3, 0.4) is 0 Å². The molecular weight excluding hydrogens is 332 g/mol. The Balaban J connectivity index is 2.37. The van der Waals surface area contributed by atoms with E-state index in [1.165, 1.54) is 17.3 Å². The molecule has 1 aromatic rings. The van der Waals surface area contributed by atoms with Crippen LogP contribution in [0.2, 0.25) is 0 Å². The van der Waals surface area contributed by atoms with Crippen LogP contribution in [-0.2, 0) is 21.4 Å². The van der Waals surface area contributed by atoms with Gasteiger partial charge in [-0.15, -0.1) is 0 Å². The molecule has 1 fully saturated rings. The van der Waals surface area contributed by atoms with Crippen molar-refractivity contribution in [3.63, 3.8) is 0 Å². The number of carbonyl (C=O) groups excluding carboxylic acids is 1. The highest BCUT2D eigenvalue weighted by atomic mass is 32.2. The minimum atomic E-state index is -3.70. The van der Waals surface area contributed by atoms with Gasteiger partial charge in [-0.05, 0) is 25.8 Å². The zero-order valence-corrected chi connectivity index (χ0v) is 14.0. The number of pyridine rings is 1. The molecule has 2 N–H and O–H groups in total. The average molecular weight is 350 g/mol. The summed E-state index contributed by atoms with van der Waals surface area (Å²) in [4.78, 5) is 23.9. The molecule has 24 heavy (non-hydrogen) atoms. The molecule has 0 bridgehead atoms. The van der Waals surface area contributed by atoms with Crippen LogP contribution in [0.25, 0.3) is 0 Å². The highest BCUT2D eigenvalue weighted by Crippen LogP contribution is 2.19. The number of hydrogen-bond acceptors (Lipinski definition) is 6. The molecule has 2 heterocycles. The Morgan fingerprint density at radius 1 is 1.33 bits per heavy atom. The number of nitrogens with two attached hydrogens (primary N) is 1. The number of aromatic nitrogens is 1. The van der Waals surface area contributed by atoms with E-state index in [0.717, 1.165) is 29.7 Å². The molecule has 0 aromatic carbocycles. The van der Waals surface area contributed by atoms with Crippen LogP contribution in [0.5, 0.6) is 0 Å². The van der Waals surface area contributed by atoms with E-state index in [1.807, 2.05) is 0 Å². The highest BCUT2D eigenvalue weighted by Gasteiger charge is 2.27. The lowest BCUT2D eigenvalue weighted by Gasteiger charge is -2.16. The molecule has 0 atom stereocenters. The SMILES string of the molecule is C/C(N)=C(\C#N)C(=O)Cn1cc(S(=O)(=O)N2CCCC2)ccc1=O. The van der Waals surface area contributed by atoms with Gasteiger partial charge in [0, 0.05) is 31.0 Å². The summed E-state index contributed by atoms with van der Waals surface area (Å²) in [7, 11) is -3.70. The molecule has 1 aliphatic rings. The van der Waals surface area contributed by atoms with E-state index in [4.69, 9.17) is 11.0 Å². The zero-order chi connectivity index (χ0) is 17.9. The standard InChI is InChI=1S/C15H18N4O4S/c1-11(17)13(8-16)14(20)10-18-9-12(4-5-15(18)21)24(22,23)19-6-2-3-7-19/h4-5,9H,2-3,6-7,10,17H2,1H3/b13-11-. The molecule has 0 radical (unpaired) electrons. The molecule has 0 saturated carbocycles. The Hall–Kier alpha value is -2.44. The number of hydrogen-bond donors (Lipinski definition) is 1. The minimum Gasteiger partial charge on any atom is -0.401 e. The third-order valence-electron chi connectivity index (χ3n) is 3.76. The van der Waals surface area contributed by atoms with Gasteiger partial charge in [-0.3, -0.25) is 9.59 Å². The fourth-order valence-corrected chi connectivity index (χ4v) is 4.00. The van der Waals surface area contributed by atoms with Gasteiger partial charge in [0.05, 0.1) is 11.4 Å². The molecule has 128 valence electrons. The fraction of sp³-hybridized carbons (Fsp3) is 0.400. The molecule has 0 amide bonds. The van der Waals surface area contributed by atoms with Crippen molar-refractivity contribution in [1.29, 1.82) is 5.26 Å². The van der Waals surface area contributed by atoms with Gasteiger partial charge in [0.1, 0.15) is 11.6 Å². The first kappa shape index (κ1) is 17.9. The van der Waals surface area contributed by atoms with Crippen molar-refractivity contribution in [2.24, 2.45) is 5.73 Å². The number of nitriles is 1. The summed E-state index contributed by atoms with van der Waals surface area (Å²) in [5.41, 5.74) is 4.75. The Morgan fingerprint density at radius 2 is 1.96 bits per heavy atom. The quantitative estimate of drug-likeness (QED) is 0.586. The second-order valence-corrected chi connectivity index (χ2v) is 7.47. The van der Waals surface area contributed by atoms with E-state index in [-0.39, 0.29) is 16.2 Å². The van der Waals surface area contributed by atoms with E-state index in [1.54, 1.807) is 6.07 Å². The maximum absolute atomic E-state index is 12.5. The van der Waals surface area contributed by atoms with Gasteiger partial charge in [-0.1, -0.05) is 0 Å². The van der Waals surface area contributed by atoms with Gasteiger partial charge in [0.25, 0.3) is 5.56 Å². The van der Waals surface area contributed by atoms with E-state index < -0.39 is 27.9 Å². The molecule has 9 heteroatoms. The van der Waals surface area contributed by atoms with Crippen LogP contribution in [0.1, 0.15) is 19.8 Å². The predicted molar refractivity (Wildman–Crippen MR) is 86.2 cm³/mol. The van der Waals surface area contributed by atoms with Crippen molar-refractivity contribution in [1.82, 2.24) is 8.87 Å². The number of rotatable bonds is 5. The van der Waals surface area contributed by atoms with Gasteiger partial charge in [0.15, 0.2) is 5.78 Å². The molecule has 1 saturated heterocycles. The number of allylic oxidation sites excluding steroid dienone is 2. The summed E-state index contributed by atoms with van der Waals surface area (Å²) in [6.07, 6.45) is 2.72. The van der Waals surface area contributed by atoms with Crippen LogP contribution in [0, 0.1) is 11.3 Å². The lowest BCUT2D eigenvalue weighted by atomic mass is 10.1. The Kier molecular flexibility index (Phi) is 5.21.